The van der Waals surface area contributed by atoms with Gasteiger partial charge in [-0.2, -0.15) is 0 Å². The molecule has 4 aromatic rings. The lowest BCUT2D eigenvalue weighted by molar-refractivity contribution is 0.0975. The Morgan fingerprint density at radius 2 is 1.66 bits per heavy atom. The first kappa shape index (κ1) is 19.4. The maximum atomic E-state index is 12.6. The summed E-state index contributed by atoms with van der Waals surface area (Å²) in [6.45, 7) is 0. The Morgan fingerprint density at radius 3 is 2.41 bits per heavy atom. The van der Waals surface area contributed by atoms with Crippen LogP contribution in [0, 0.1) is 0 Å². The van der Waals surface area contributed by atoms with Gasteiger partial charge in [0.1, 0.15) is 0 Å². The van der Waals surface area contributed by atoms with E-state index >= 15 is 0 Å². The van der Waals surface area contributed by atoms with Crippen LogP contribution in [0.4, 0.5) is 0 Å². The maximum absolute atomic E-state index is 12.6. The monoisotopic (exact) mass is 447 g/mol. The van der Waals surface area contributed by atoms with Gasteiger partial charge in [0.25, 0.3) is 21.5 Å². The molecule has 146 valence electrons. The zero-order valence-electron chi connectivity index (χ0n) is 14.4. The molecular formula is C19H11Cl2N3O4S. The van der Waals surface area contributed by atoms with Gasteiger partial charge in [-0.05, 0) is 35.0 Å². The van der Waals surface area contributed by atoms with E-state index < -0.39 is 27.2 Å². The first-order chi connectivity index (χ1) is 13.7. The number of aromatic nitrogens is 2. The normalized spacial score (nSPS) is 11.7. The van der Waals surface area contributed by atoms with Gasteiger partial charge in [-0.3, -0.25) is 9.59 Å². The number of nitrogens with zero attached hydrogens (tertiary/aromatic N) is 1. The molecule has 0 aliphatic heterocycles. The SMILES string of the molecule is O=C(NS(=O)(=O)c1ccc2ccccc2c1)c1nc2cc(Cl)c(Cl)cc2[nH]c1=O. The highest BCUT2D eigenvalue weighted by Crippen LogP contribution is 2.25. The van der Waals surface area contributed by atoms with Crippen molar-refractivity contribution in [1.29, 1.82) is 0 Å². The molecule has 0 fully saturated rings. The van der Waals surface area contributed by atoms with Gasteiger partial charge < -0.3 is 4.98 Å². The Hall–Kier alpha value is -2.94. The molecule has 3 aromatic carbocycles. The van der Waals surface area contributed by atoms with Crippen molar-refractivity contribution in [2.24, 2.45) is 0 Å². The van der Waals surface area contributed by atoms with Crippen LogP contribution in [0.15, 0.2) is 64.3 Å². The van der Waals surface area contributed by atoms with E-state index in [2.05, 4.69) is 9.97 Å². The molecule has 0 radical (unpaired) electrons. The average molecular weight is 448 g/mol. The Labute approximate surface area is 174 Å². The molecule has 4 rings (SSSR count). The van der Waals surface area contributed by atoms with Crippen LogP contribution < -0.4 is 10.3 Å². The molecule has 29 heavy (non-hydrogen) atoms. The number of amides is 1. The first-order valence-electron chi connectivity index (χ1n) is 8.20. The van der Waals surface area contributed by atoms with Crippen molar-refractivity contribution in [3.8, 4) is 0 Å². The lowest BCUT2D eigenvalue weighted by Crippen LogP contribution is -2.35. The molecule has 0 saturated carbocycles. The molecule has 1 amide bonds. The Bertz CT molecular complexity index is 1470. The van der Waals surface area contributed by atoms with E-state index in [1.54, 1.807) is 18.2 Å². The molecule has 1 heterocycles. The molecule has 0 bridgehead atoms. The number of nitrogens with one attached hydrogen (secondary N) is 2. The highest BCUT2D eigenvalue weighted by atomic mass is 35.5. The molecule has 0 spiro atoms. The third-order valence-electron chi connectivity index (χ3n) is 4.21. The lowest BCUT2D eigenvalue weighted by Gasteiger charge is -2.08. The van der Waals surface area contributed by atoms with Crippen LogP contribution in [0.1, 0.15) is 10.5 Å². The van der Waals surface area contributed by atoms with Crippen molar-refractivity contribution in [3.05, 3.63) is 80.7 Å². The van der Waals surface area contributed by atoms with Gasteiger partial charge in [0, 0.05) is 0 Å². The number of sulfonamides is 1. The molecule has 1 aromatic heterocycles. The van der Waals surface area contributed by atoms with E-state index in [-0.39, 0.29) is 26.0 Å². The van der Waals surface area contributed by atoms with Crippen molar-refractivity contribution in [2.45, 2.75) is 4.90 Å². The standard InChI is InChI=1S/C19H11Cl2N3O4S/c20-13-8-15-16(9-14(13)21)23-18(25)17(22-15)19(26)24-29(27,28)12-6-5-10-3-1-2-4-11(10)7-12/h1-9H,(H,23,25)(H,24,26). The molecule has 10 heteroatoms. The summed E-state index contributed by atoms with van der Waals surface area (Å²) in [5.74, 6) is -1.16. The summed E-state index contributed by atoms with van der Waals surface area (Å²) >= 11 is 11.8. The molecule has 0 saturated heterocycles. The van der Waals surface area contributed by atoms with Crippen LogP contribution in [0.3, 0.4) is 0 Å². The summed E-state index contributed by atoms with van der Waals surface area (Å²) in [5.41, 5.74) is -1.02. The first-order valence-corrected chi connectivity index (χ1v) is 10.4. The number of aromatic amines is 1. The molecule has 0 unspecified atom stereocenters. The second-order valence-electron chi connectivity index (χ2n) is 6.14. The number of halogens is 2. The number of H-pyrrole nitrogens is 1. The molecule has 0 aliphatic rings. The quantitative estimate of drug-likeness (QED) is 0.499. The van der Waals surface area contributed by atoms with Crippen molar-refractivity contribution in [1.82, 2.24) is 14.7 Å². The van der Waals surface area contributed by atoms with Crippen LogP contribution in [0.5, 0.6) is 0 Å². The smallest absolute Gasteiger partial charge is 0.289 e. The van der Waals surface area contributed by atoms with Gasteiger partial charge in [0.2, 0.25) is 0 Å². The number of carbonyl (C=O) groups excluding carboxylic acids is 1. The summed E-state index contributed by atoms with van der Waals surface area (Å²) in [5, 5.41) is 1.92. The number of benzene rings is 3. The topological polar surface area (TPSA) is 109 Å². The van der Waals surface area contributed by atoms with Crippen molar-refractivity contribution in [3.63, 3.8) is 0 Å². The fraction of sp³-hybridized carbons (Fsp3) is 0. The maximum Gasteiger partial charge on any atom is 0.289 e. The summed E-state index contributed by atoms with van der Waals surface area (Å²) in [7, 11) is -4.22. The molecule has 2 N–H and O–H groups in total. The summed E-state index contributed by atoms with van der Waals surface area (Å²) in [6.07, 6.45) is 0. The number of carbonyl (C=O) groups is 1. The minimum Gasteiger partial charge on any atom is -0.319 e. The Morgan fingerprint density at radius 1 is 0.966 bits per heavy atom. The van der Waals surface area contributed by atoms with Gasteiger partial charge in [0.05, 0.1) is 26.0 Å². The minimum atomic E-state index is -4.22. The summed E-state index contributed by atoms with van der Waals surface area (Å²) in [6, 6.07) is 14.4. The Balaban J connectivity index is 1.71. The van der Waals surface area contributed by atoms with Gasteiger partial charge in [-0.15, -0.1) is 0 Å². The van der Waals surface area contributed by atoms with E-state index in [9.17, 15) is 18.0 Å². The van der Waals surface area contributed by atoms with Gasteiger partial charge in [0.15, 0.2) is 5.69 Å². The fourth-order valence-electron chi connectivity index (χ4n) is 2.80. The Kier molecular flexibility index (Phi) is 4.77. The van der Waals surface area contributed by atoms with Crippen molar-refractivity contribution < 1.29 is 13.2 Å². The molecule has 7 nitrogen and oxygen atoms in total. The van der Waals surface area contributed by atoms with E-state index in [0.717, 1.165) is 5.39 Å². The van der Waals surface area contributed by atoms with Crippen molar-refractivity contribution in [2.75, 3.05) is 0 Å². The van der Waals surface area contributed by atoms with Gasteiger partial charge in [-0.25, -0.2) is 18.1 Å². The predicted octanol–water partition coefficient (Wildman–Crippen LogP) is 3.50. The number of fused-ring (bicyclic) bond motifs is 2. The number of rotatable bonds is 3. The van der Waals surface area contributed by atoms with Crippen molar-refractivity contribution >= 4 is 60.9 Å². The van der Waals surface area contributed by atoms with Crippen LogP contribution in [-0.4, -0.2) is 24.3 Å². The largest absolute Gasteiger partial charge is 0.319 e. The second kappa shape index (κ2) is 7.14. The van der Waals surface area contributed by atoms with E-state index in [1.165, 1.54) is 24.3 Å². The van der Waals surface area contributed by atoms with E-state index in [4.69, 9.17) is 23.2 Å². The fourth-order valence-corrected chi connectivity index (χ4v) is 4.11. The van der Waals surface area contributed by atoms with Crippen LogP contribution in [0.25, 0.3) is 21.8 Å². The van der Waals surface area contributed by atoms with Crippen LogP contribution >= 0.6 is 23.2 Å². The zero-order chi connectivity index (χ0) is 20.8. The number of hydrogen-bond acceptors (Lipinski definition) is 5. The van der Waals surface area contributed by atoms with Crippen LogP contribution in [-0.2, 0) is 10.0 Å². The number of hydrogen-bond donors (Lipinski definition) is 2. The summed E-state index contributed by atoms with van der Waals surface area (Å²) < 4.78 is 27.1. The molecule has 0 atom stereocenters. The van der Waals surface area contributed by atoms with Gasteiger partial charge >= 0.3 is 0 Å². The highest BCUT2D eigenvalue weighted by Gasteiger charge is 2.22. The lowest BCUT2D eigenvalue weighted by atomic mass is 10.1. The van der Waals surface area contributed by atoms with E-state index in [0.29, 0.717) is 5.39 Å². The molecule has 0 aliphatic carbocycles. The zero-order valence-corrected chi connectivity index (χ0v) is 16.8. The third kappa shape index (κ3) is 3.69. The van der Waals surface area contributed by atoms with Crippen LogP contribution in [0.2, 0.25) is 10.0 Å². The van der Waals surface area contributed by atoms with E-state index in [1.807, 2.05) is 16.9 Å². The highest BCUT2D eigenvalue weighted by molar-refractivity contribution is 7.90. The summed E-state index contributed by atoms with van der Waals surface area (Å²) in [4.78, 5) is 31.0. The average Bonchev–Trinajstić information content (AvgIpc) is 2.68. The molecular weight excluding hydrogens is 437 g/mol. The predicted molar refractivity (Wildman–Crippen MR) is 111 cm³/mol. The minimum absolute atomic E-state index is 0.114. The van der Waals surface area contributed by atoms with Gasteiger partial charge in [-0.1, -0.05) is 53.5 Å². The second-order valence-corrected chi connectivity index (χ2v) is 8.64. The third-order valence-corrected chi connectivity index (χ3v) is 6.26.